The number of hydrogen-bond donors (Lipinski definition) is 1. The van der Waals surface area contributed by atoms with Gasteiger partial charge in [0.05, 0.1) is 17.3 Å². The Kier molecular flexibility index (Phi) is 4.86. The van der Waals surface area contributed by atoms with E-state index in [4.69, 9.17) is 9.31 Å². The predicted molar refractivity (Wildman–Crippen MR) is 111 cm³/mol. The van der Waals surface area contributed by atoms with Crippen LogP contribution in [0.15, 0.2) is 36.4 Å². The summed E-state index contributed by atoms with van der Waals surface area (Å²) in [5.41, 5.74) is 1.39. The highest BCUT2D eigenvalue weighted by atomic mass is 16.7. The van der Waals surface area contributed by atoms with Crippen LogP contribution >= 0.6 is 0 Å². The molecule has 4 heteroatoms. The highest BCUT2D eigenvalue weighted by Gasteiger charge is 2.52. The van der Waals surface area contributed by atoms with E-state index in [0.717, 1.165) is 34.6 Å². The van der Waals surface area contributed by atoms with Crippen LogP contribution < -0.4 is 5.46 Å². The first-order valence-electron chi connectivity index (χ1n) is 10.3. The van der Waals surface area contributed by atoms with Gasteiger partial charge in [-0.15, -0.1) is 0 Å². The topological polar surface area (TPSA) is 38.7 Å². The van der Waals surface area contributed by atoms with Crippen LogP contribution in [0.25, 0.3) is 10.8 Å². The van der Waals surface area contributed by atoms with E-state index in [1.807, 2.05) is 0 Å². The van der Waals surface area contributed by atoms with E-state index in [2.05, 4.69) is 64.1 Å². The summed E-state index contributed by atoms with van der Waals surface area (Å²) in [6, 6.07) is 12.6. The van der Waals surface area contributed by atoms with E-state index in [1.165, 1.54) is 19.3 Å². The van der Waals surface area contributed by atoms with Gasteiger partial charge in [-0.25, -0.2) is 0 Å². The Labute approximate surface area is 163 Å². The normalized spacial score (nSPS) is 23.7. The van der Waals surface area contributed by atoms with Crippen LogP contribution in [-0.4, -0.2) is 23.4 Å². The van der Waals surface area contributed by atoms with Crippen molar-refractivity contribution < 1.29 is 14.4 Å². The molecule has 0 bridgehead atoms. The fourth-order valence-electron chi connectivity index (χ4n) is 4.41. The molecule has 0 amide bonds. The number of benzene rings is 2. The van der Waals surface area contributed by atoms with Gasteiger partial charge in [-0.3, -0.25) is 0 Å². The lowest BCUT2D eigenvalue weighted by molar-refractivity contribution is 0.00578. The largest absolute Gasteiger partial charge is 0.495 e. The van der Waals surface area contributed by atoms with Gasteiger partial charge in [-0.05, 0) is 74.3 Å². The van der Waals surface area contributed by atoms with Crippen LogP contribution in [0.5, 0.6) is 0 Å². The Morgan fingerprint density at radius 3 is 2.30 bits per heavy atom. The summed E-state index contributed by atoms with van der Waals surface area (Å²) in [6.45, 7) is 8.32. The maximum atomic E-state index is 10.9. The van der Waals surface area contributed by atoms with Crippen molar-refractivity contribution in [1.29, 1.82) is 0 Å². The van der Waals surface area contributed by atoms with Crippen molar-refractivity contribution in [2.45, 2.75) is 77.1 Å². The number of fused-ring (bicyclic) bond motifs is 1. The summed E-state index contributed by atoms with van der Waals surface area (Å²) in [4.78, 5) is 0. The summed E-state index contributed by atoms with van der Waals surface area (Å²) in [6.07, 6.45) is 5.68. The third kappa shape index (κ3) is 3.44. The van der Waals surface area contributed by atoms with Gasteiger partial charge in [0, 0.05) is 0 Å². The zero-order valence-electron chi connectivity index (χ0n) is 17.0. The molecule has 0 radical (unpaired) electrons. The molecule has 1 aliphatic carbocycles. The first-order valence-corrected chi connectivity index (χ1v) is 10.3. The molecule has 2 fully saturated rings. The molecule has 1 heterocycles. The zero-order chi connectivity index (χ0) is 19.2. The molecule has 3 nitrogen and oxygen atoms in total. The molecule has 1 aliphatic heterocycles. The average Bonchev–Trinajstić information content (AvgIpc) is 2.88. The lowest BCUT2D eigenvalue weighted by atomic mass is 9.75. The van der Waals surface area contributed by atoms with Gasteiger partial charge in [0.1, 0.15) is 0 Å². The van der Waals surface area contributed by atoms with Gasteiger partial charge in [0.15, 0.2) is 0 Å². The van der Waals surface area contributed by atoms with Crippen molar-refractivity contribution >= 4 is 23.4 Å². The summed E-state index contributed by atoms with van der Waals surface area (Å²) >= 11 is 0. The van der Waals surface area contributed by atoms with Crippen molar-refractivity contribution in [2.75, 3.05) is 0 Å². The van der Waals surface area contributed by atoms with E-state index in [0.29, 0.717) is 5.92 Å². The number of aliphatic hydroxyl groups excluding tert-OH is 1. The van der Waals surface area contributed by atoms with E-state index in [-0.39, 0.29) is 24.4 Å². The summed E-state index contributed by atoms with van der Waals surface area (Å²) in [5, 5.41) is 13.1. The van der Waals surface area contributed by atoms with E-state index >= 15 is 0 Å². The van der Waals surface area contributed by atoms with Gasteiger partial charge in [0.2, 0.25) is 0 Å². The van der Waals surface area contributed by atoms with E-state index in [9.17, 15) is 5.11 Å². The standard InChI is InChI=1S/C23H31BO3/c1-22(2)23(3,4)27-24(26-22)20-12-8-11-17-15-18(13-14-19(17)20)21(25)16-9-6-5-7-10-16/h8,11-16,21,25H,5-7,9-10H2,1-4H3. The van der Waals surface area contributed by atoms with Gasteiger partial charge >= 0.3 is 7.12 Å². The second kappa shape index (κ2) is 6.91. The molecule has 1 atom stereocenters. The second-order valence-electron chi connectivity index (χ2n) is 9.26. The zero-order valence-corrected chi connectivity index (χ0v) is 17.0. The third-order valence-electron chi connectivity index (χ3n) is 6.88. The maximum Gasteiger partial charge on any atom is 0.495 e. The van der Waals surface area contributed by atoms with Crippen LogP contribution in [0.2, 0.25) is 0 Å². The van der Waals surface area contributed by atoms with Gasteiger partial charge in [0.25, 0.3) is 0 Å². The SMILES string of the molecule is CC1(C)OB(c2cccc3cc(C(O)C4CCCCC4)ccc23)OC1(C)C. The fourth-order valence-corrected chi connectivity index (χ4v) is 4.41. The van der Waals surface area contributed by atoms with E-state index in [1.54, 1.807) is 0 Å². The molecule has 2 aromatic rings. The first kappa shape index (κ1) is 19.0. The lowest BCUT2D eigenvalue weighted by Crippen LogP contribution is -2.41. The van der Waals surface area contributed by atoms with Crippen molar-refractivity contribution in [1.82, 2.24) is 0 Å². The van der Waals surface area contributed by atoms with Crippen LogP contribution in [0, 0.1) is 5.92 Å². The number of aliphatic hydroxyl groups is 1. The molecule has 0 aromatic heterocycles. The minimum atomic E-state index is -0.368. The van der Waals surface area contributed by atoms with Crippen molar-refractivity contribution in [3.8, 4) is 0 Å². The Bertz CT molecular complexity index is 807. The Balaban J connectivity index is 1.65. The van der Waals surface area contributed by atoms with Gasteiger partial charge in [-0.2, -0.15) is 0 Å². The average molecular weight is 366 g/mol. The molecule has 2 aliphatic rings. The van der Waals surface area contributed by atoms with Crippen LogP contribution in [0.4, 0.5) is 0 Å². The minimum Gasteiger partial charge on any atom is -0.399 e. The Morgan fingerprint density at radius 2 is 1.63 bits per heavy atom. The summed E-state index contributed by atoms with van der Waals surface area (Å²) in [7, 11) is -0.368. The Morgan fingerprint density at radius 1 is 0.963 bits per heavy atom. The smallest absolute Gasteiger partial charge is 0.399 e. The fraction of sp³-hybridized carbons (Fsp3) is 0.565. The molecule has 1 N–H and O–H groups in total. The molecule has 4 rings (SSSR count). The minimum absolute atomic E-state index is 0.350. The summed E-state index contributed by atoms with van der Waals surface area (Å²) < 4.78 is 12.5. The maximum absolute atomic E-state index is 10.9. The molecule has 0 spiro atoms. The van der Waals surface area contributed by atoms with Crippen LogP contribution in [0.1, 0.15) is 71.5 Å². The highest BCUT2D eigenvalue weighted by molar-refractivity contribution is 6.65. The van der Waals surface area contributed by atoms with Crippen LogP contribution in [0.3, 0.4) is 0 Å². The molecular weight excluding hydrogens is 335 g/mol. The van der Waals surface area contributed by atoms with Crippen molar-refractivity contribution in [3.63, 3.8) is 0 Å². The second-order valence-corrected chi connectivity index (χ2v) is 9.26. The molecule has 144 valence electrons. The molecular formula is C23H31BO3. The number of hydrogen-bond acceptors (Lipinski definition) is 3. The predicted octanol–water partition coefficient (Wildman–Crippen LogP) is 4.75. The summed E-state index contributed by atoms with van der Waals surface area (Å²) in [5.74, 6) is 0.391. The number of rotatable bonds is 3. The van der Waals surface area contributed by atoms with Gasteiger partial charge in [-0.1, -0.05) is 49.6 Å². The molecule has 1 saturated carbocycles. The molecule has 2 aromatic carbocycles. The molecule has 1 saturated heterocycles. The highest BCUT2D eigenvalue weighted by Crippen LogP contribution is 2.38. The third-order valence-corrected chi connectivity index (χ3v) is 6.88. The molecule has 1 unspecified atom stereocenters. The van der Waals surface area contributed by atoms with Crippen LogP contribution in [-0.2, 0) is 9.31 Å². The Hall–Kier alpha value is -1.36. The lowest BCUT2D eigenvalue weighted by Gasteiger charge is -2.32. The first-order chi connectivity index (χ1) is 12.8. The van der Waals surface area contributed by atoms with Crippen molar-refractivity contribution in [3.05, 3.63) is 42.0 Å². The molecule has 27 heavy (non-hydrogen) atoms. The quantitative estimate of drug-likeness (QED) is 0.797. The van der Waals surface area contributed by atoms with E-state index < -0.39 is 0 Å². The van der Waals surface area contributed by atoms with Gasteiger partial charge < -0.3 is 14.4 Å². The van der Waals surface area contributed by atoms with Crippen molar-refractivity contribution in [2.24, 2.45) is 5.92 Å². The monoisotopic (exact) mass is 366 g/mol.